The molecule has 0 amide bonds. The van der Waals surface area contributed by atoms with E-state index in [0.717, 1.165) is 17.1 Å². The molecule has 1 heterocycles. The van der Waals surface area contributed by atoms with Crippen molar-refractivity contribution < 1.29 is 0 Å². The van der Waals surface area contributed by atoms with Crippen LogP contribution in [-0.4, -0.2) is 4.57 Å². The van der Waals surface area contributed by atoms with E-state index in [9.17, 15) is 0 Å². The number of aromatic nitrogens is 1. The van der Waals surface area contributed by atoms with Crippen LogP contribution in [0.3, 0.4) is 0 Å². The molecule has 2 heteroatoms. The van der Waals surface area contributed by atoms with Crippen LogP contribution in [0.25, 0.3) is 60.9 Å². The number of fused-ring (bicyclic) bond motifs is 4. The Labute approximate surface area is 342 Å². The third-order valence-electron chi connectivity index (χ3n) is 12.7. The molecule has 1 aliphatic rings. The van der Waals surface area contributed by atoms with Gasteiger partial charge in [0.1, 0.15) is 0 Å². The first kappa shape index (κ1) is 35.8. The van der Waals surface area contributed by atoms with Crippen molar-refractivity contribution in [3.63, 3.8) is 0 Å². The predicted octanol–water partition coefficient (Wildman–Crippen LogP) is 15.6. The fourth-order valence-corrected chi connectivity index (χ4v) is 9.34. The van der Waals surface area contributed by atoms with E-state index in [1.54, 1.807) is 0 Å². The summed E-state index contributed by atoms with van der Waals surface area (Å²) in [4.78, 5) is 2.37. The Morgan fingerprint density at radius 2 is 0.931 bits per heavy atom. The largest absolute Gasteiger partial charge is 0.310 e. The molecule has 8 aromatic carbocycles. The summed E-state index contributed by atoms with van der Waals surface area (Å²) < 4.78 is 2.47. The number of para-hydroxylation sites is 3. The van der Waals surface area contributed by atoms with Crippen LogP contribution in [0.5, 0.6) is 0 Å². The fraction of sp³-hybridized carbons (Fsp3) is 0.143. The summed E-state index contributed by atoms with van der Waals surface area (Å²) in [5.74, 6) is 0. The van der Waals surface area contributed by atoms with Crippen LogP contribution in [0.1, 0.15) is 51.7 Å². The number of hydrogen-bond donors (Lipinski definition) is 0. The van der Waals surface area contributed by atoms with Crippen LogP contribution in [-0.2, 0) is 10.8 Å². The molecule has 58 heavy (non-hydrogen) atoms. The van der Waals surface area contributed by atoms with Crippen molar-refractivity contribution in [1.29, 1.82) is 0 Å². The van der Waals surface area contributed by atoms with Gasteiger partial charge in [-0.15, -0.1) is 0 Å². The molecule has 10 rings (SSSR count). The molecule has 282 valence electrons. The Morgan fingerprint density at radius 3 is 1.69 bits per heavy atom. The van der Waals surface area contributed by atoms with Gasteiger partial charge in [-0.1, -0.05) is 161 Å². The van der Waals surface area contributed by atoms with Crippen molar-refractivity contribution in [1.82, 2.24) is 4.57 Å². The molecule has 0 saturated heterocycles. The average molecular weight is 749 g/mol. The summed E-state index contributed by atoms with van der Waals surface area (Å²) in [6, 6.07) is 71.1. The SMILES string of the molecule is CC1(C)CCC(C)(C)c2cc(-n3c4ccccc4c4cc(-c5ccc(-c6ccccc6N(c6ccccc6)c6ccc(-c7ccccc7)cc6)cc5)ccc43)ccc21. The van der Waals surface area contributed by atoms with Crippen LogP contribution in [0.4, 0.5) is 17.1 Å². The first-order valence-electron chi connectivity index (χ1n) is 20.6. The van der Waals surface area contributed by atoms with Crippen molar-refractivity contribution in [3.05, 3.63) is 205 Å². The second kappa shape index (κ2) is 14.1. The summed E-state index contributed by atoms with van der Waals surface area (Å²) in [6.45, 7) is 9.63. The van der Waals surface area contributed by atoms with Gasteiger partial charge in [0.2, 0.25) is 0 Å². The standard InChI is InChI=1S/C56H48N2/c1-55(2)35-36-56(3,4)51-38-46(32-33-50(51)55)58-53-22-14-12-20-48(53)49-37-43(29-34-54(49)58)41-23-25-42(26-24-41)47-19-11-13-21-52(47)57(44-17-9-6-10-18-44)45-30-27-40(28-31-45)39-15-7-5-8-16-39/h5-34,37-38H,35-36H2,1-4H3. The molecule has 0 N–H and O–H groups in total. The van der Waals surface area contributed by atoms with Crippen LogP contribution >= 0.6 is 0 Å². The van der Waals surface area contributed by atoms with Gasteiger partial charge in [-0.2, -0.15) is 0 Å². The summed E-state index contributed by atoms with van der Waals surface area (Å²) in [5, 5.41) is 2.55. The zero-order valence-electron chi connectivity index (χ0n) is 33.8. The minimum absolute atomic E-state index is 0.146. The molecule has 9 aromatic rings. The normalized spacial score (nSPS) is 14.3. The first-order valence-corrected chi connectivity index (χ1v) is 20.6. The molecular formula is C56H48N2. The second-order valence-corrected chi connectivity index (χ2v) is 17.3. The highest BCUT2D eigenvalue weighted by Gasteiger charge is 2.37. The van der Waals surface area contributed by atoms with Crippen molar-refractivity contribution in [2.24, 2.45) is 0 Å². The monoisotopic (exact) mass is 748 g/mol. The zero-order valence-corrected chi connectivity index (χ0v) is 33.8. The lowest BCUT2D eigenvalue weighted by molar-refractivity contribution is 0.332. The van der Waals surface area contributed by atoms with Gasteiger partial charge in [0.25, 0.3) is 0 Å². The van der Waals surface area contributed by atoms with Gasteiger partial charge in [0.05, 0.1) is 16.7 Å². The van der Waals surface area contributed by atoms with Gasteiger partial charge in [-0.05, 0) is 123 Å². The average Bonchev–Trinajstić information content (AvgIpc) is 3.60. The molecule has 0 radical (unpaired) electrons. The van der Waals surface area contributed by atoms with E-state index in [0.29, 0.717) is 0 Å². The number of rotatable bonds is 7. The molecule has 1 aliphatic carbocycles. The van der Waals surface area contributed by atoms with Crippen LogP contribution < -0.4 is 4.90 Å². The number of nitrogens with zero attached hydrogens (tertiary/aromatic N) is 2. The van der Waals surface area contributed by atoms with Crippen molar-refractivity contribution in [2.45, 2.75) is 51.4 Å². The van der Waals surface area contributed by atoms with Gasteiger partial charge in [-0.3, -0.25) is 0 Å². The van der Waals surface area contributed by atoms with E-state index in [4.69, 9.17) is 0 Å². The van der Waals surface area contributed by atoms with Gasteiger partial charge in [-0.25, -0.2) is 0 Å². The summed E-state index contributed by atoms with van der Waals surface area (Å²) >= 11 is 0. The Kier molecular flexibility index (Phi) is 8.68. The summed E-state index contributed by atoms with van der Waals surface area (Å²) in [7, 11) is 0. The van der Waals surface area contributed by atoms with Crippen molar-refractivity contribution in [3.8, 4) is 39.1 Å². The minimum atomic E-state index is 0.146. The van der Waals surface area contributed by atoms with Gasteiger partial charge in [0, 0.05) is 33.4 Å². The quantitative estimate of drug-likeness (QED) is 0.158. The lowest BCUT2D eigenvalue weighted by Crippen LogP contribution is -2.33. The van der Waals surface area contributed by atoms with Gasteiger partial charge in [0.15, 0.2) is 0 Å². The highest BCUT2D eigenvalue weighted by molar-refractivity contribution is 6.10. The predicted molar refractivity (Wildman–Crippen MR) is 247 cm³/mol. The Bertz CT molecular complexity index is 2910. The van der Waals surface area contributed by atoms with Crippen LogP contribution in [0.2, 0.25) is 0 Å². The molecule has 0 spiro atoms. The maximum absolute atomic E-state index is 2.48. The molecule has 0 atom stereocenters. The van der Waals surface area contributed by atoms with Gasteiger partial charge < -0.3 is 9.47 Å². The van der Waals surface area contributed by atoms with E-state index in [2.05, 4.69) is 231 Å². The smallest absolute Gasteiger partial charge is 0.0541 e. The third kappa shape index (κ3) is 6.21. The van der Waals surface area contributed by atoms with E-state index in [1.165, 1.54) is 84.8 Å². The van der Waals surface area contributed by atoms with E-state index >= 15 is 0 Å². The van der Waals surface area contributed by atoms with Crippen molar-refractivity contribution in [2.75, 3.05) is 4.90 Å². The molecule has 0 fully saturated rings. The zero-order chi connectivity index (χ0) is 39.4. The van der Waals surface area contributed by atoms with Crippen molar-refractivity contribution >= 4 is 38.9 Å². The highest BCUT2D eigenvalue weighted by Crippen LogP contribution is 2.47. The second-order valence-electron chi connectivity index (χ2n) is 17.3. The minimum Gasteiger partial charge on any atom is -0.310 e. The topological polar surface area (TPSA) is 8.17 Å². The molecule has 0 bridgehead atoms. The molecule has 1 aromatic heterocycles. The Balaban J connectivity index is 1.02. The van der Waals surface area contributed by atoms with E-state index in [1.807, 2.05) is 0 Å². The highest BCUT2D eigenvalue weighted by atomic mass is 15.1. The Morgan fingerprint density at radius 1 is 0.397 bits per heavy atom. The summed E-state index contributed by atoms with van der Waals surface area (Å²) in [5.41, 5.74) is 17.6. The lowest BCUT2D eigenvalue weighted by atomic mass is 9.63. The van der Waals surface area contributed by atoms with Gasteiger partial charge >= 0.3 is 0 Å². The molecular weight excluding hydrogens is 701 g/mol. The maximum Gasteiger partial charge on any atom is 0.0541 e. The molecule has 0 saturated carbocycles. The fourth-order valence-electron chi connectivity index (χ4n) is 9.34. The number of hydrogen-bond acceptors (Lipinski definition) is 1. The van der Waals surface area contributed by atoms with Crippen LogP contribution in [0.15, 0.2) is 194 Å². The first-order chi connectivity index (χ1) is 28.2. The van der Waals surface area contributed by atoms with E-state index < -0.39 is 0 Å². The van der Waals surface area contributed by atoms with Crippen LogP contribution in [0, 0.1) is 0 Å². The maximum atomic E-state index is 2.48. The summed E-state index contributed by atoms with van der Waals surface area (Å²) in [6.07, 6.45) is 2.42. The Hall–Kier alpha value is -6.64. The third-order valence-corrected chi connectivity index (χ3v) is 12.7. The molecule has 0 aliphatic heterocycles. The lowest BCUT2D eigenvalue weighted by Gasteiger charge is -2.42. The number of benzene rings is 8. The molecule has 0 unspecified atom stereocenters. The number of anilines is 3. The van der Waals surface area contributed by atoms with E-state index in [-0.39, 0.29) is 10.8 Å². The molecule has 2 nitrogen and oxygen atoms in total.